The molecule has 0 fully saturated rings. The summed E-state index contributed by atoms with van der Waals surface area (Å²) in [7, 11) is 0. The number of hydrogen-bond donors (Lipinski definition) is 0. The SMILES string of the molecule is CCCCC1=C(C(c2cccc(C)c2)c2cccc(C)c2)CC=C1. The average molecular weight is 316 g/mol. The molecule has 124 valence electrons. The Bertz CT molecular complexity index is 716. The first kappa shape index (κ1) is 16.8. The van der Waals surface area contributed by atoms with Gasteiger partial charge in [-0.1, -0.05) is 90.7 Å². The summed E-state index contributed by atoms with van der Waals surface area (Å²) < 4.78 is 0. The first-order valence-electron chi connectivity index (χ1n) is 9.20. The molecule has 3 rings (SSSR count). The molecule has 0 N–H and O–H groups in total. The number of allylic oxidation sites excluding steroid dienone is 4. The fraction of sp³-hybridized carbons (Fsp3) is 0.333. The summed E-state index contributed by atoms with van der Waals surface area (Å²) >= 11 is 0. The van der Waals surface area contributed by atoms with Gasteiger partial charge >= 0.3 is 0 Å². The van der Waals surface area contributed by atoms with Gasteiger partial charge in [-0.3, -0.25) is 0 Å². The monoisotopic (exact) mass is 316 g/mol. The van der Waals surface area contributed by atoms with Crippen LogP contribution in [0.2, 0.25) is 0 Å². The molecule has 0 heterocycles. The summed E-state index contributed by atoms with van der Waals surface area (Å²) in [5.41, 5.74) is 8.68. The molecule has 0 aliphatic heterocycles. The van der Waals surface area contributed by atoms with Crippen LogP contribution in [-0.4, -0.2) is 0 Å². The van der Waals surface area contributed by atoms with E-state index in [0.29, 0.717) is 5.92 Å². The molecule has 0 heteroatoms. The molecule has 0 saturated carbocycles. The summed E-state index contributed by atoms with van der Waals surface area (Å²) in [6, 6.07) is 18.1. The number of unbranched alkanes of at least 4 members (excludes halogenated alkanes) is 1. The molecule has 0 saturated heterocycles. The molecule has 0 radical (unpaired) electrons. The van der Waals surface area contributed by atoms with Gasteiger partial charge in [-0.25, -0.2) is 0 Å². The molecule has 0 aromatic heterocycles. The van der Waals surface area contributed by atoms with Crippen molar-refractivity contribution in [3.8, 4) is 0 Å². The summed E-state index contributed by atoms with van der Waals surface area (Å²) in [6.07, 6.45) is 9.53. The number of aryl methyl sites for hydroxylation is 2. The third kappa shape index (κ3) is 3.70. The molecule has 0 unspecified atom stereocenters. The first-order valence-corrected chi connectivity index (χ1v) is 9.20. The fourth-order valence-electron chi connectivity index (χ4n) is 3.77. The normalized spacial score (nSPS) is 14.0. The van der Waals surface area contributed by atoms with Crippen LogP contribution in [0.25, 0.3) is 0 Å². The van der Waals surface area contributed by atoms with Crippen molar-refractivity contribution in [2.45, 2.75) is 52.4 Å². The number of rotatable bonds is 6. The standard InChI is InChI=1S/C24H28/c1-4-5-11-20-12-8-15-23(20)24(21-13-6-9-18(2)16-21)22-14-7-10-19(3)17-22/h6-10,12-14,16-17,24H,4-5,11,15H2,1-3H3. The smallest absolute Gasteiger partial charge is 0.0308 e. The van der Waals surface area contributed by atoms with E-state index in [0.717, 1.165) is 6.42 Å². The van der Waals surface area contributed by atoms with E-state index in [9.17, 15) is 0 Å². The Hall–Kier alpha value is -2.08. The van der Waals surface area contributed by atoms with Crippen molar-refractivity contribution in [1.82, 2.24) is 0 Å². The lowest BCUT2D eigenvalue weighted by molar-refractivity contribution is 0.781. The predicted octanol–water partition coefficient (Wildman–Crippen LogP) is 6.88. The van der Waals surface area contributed by atoms with Crippen LogP contribution in [0.1, 0.15) is 60.8 Å². The van der Waals surface area contributed by atoms with Gasteiger partial charge in [-0.15, -0.1) is 0 Å². The van der Waals surface area contributed by atoms with E-state index in [1.54, 1.807) is 11.1 Å². The van der Waals surface area contributed by atoms with Crippen molar-refractivity contribution in [2.24, 2.45) is 0 Å². The maximum atomic E-state index is 2.36. The molecule has 0 amide bonds. The number of benzene rings is 2. The lowest BCUT2D eigenvalue weighted by atomic mass is 9.81. The molecular formula is C24H28. The topological polar surface area (TPSA) is 0 Å². The Labute approximate surface area is 146 Å². The van der Waals surface area contributed by atoms with Crippen LogP contribution in [0, 0.1) is 13.8 Å². The minimum atomic E-state index is 0.381. The molecule has 0 bridgehead atoms. The molecule has 0 spiro atoms. The van der Waals surface area contributed by atoms with Crippen molar-refractivity contribution in [1.29, 1.82) is 0 Å². The van der Waals surface area contributed by atoms with Crippen LogP contribution in [-0.2, 0) is 0 Å². The molecule has 2 aromatic rings. The van der Waals surface area contributed by atoms with Gasteiger partial charge in [0.2, 0.25) is 0 Å². The number of hydrogen-bond acceptors (Lipinski definition) is 0. The van der Waals surface area contributed by atoms with E-state index < -0.39 is 0 Å². The second kappa shape index (κ2) is 7.66. The van der Waals surface area contributed by atoms with Crippen molar-refractivity contribution in [3.05, 3.63) is 94.1 Å². The zero-order chi connectivity index (χ0) is 16.9. The minimum Gasteiger partial charge on any atom is -0.0801 e. The summed E-state index contributed by atoms with van der Waals surface area (Å²) in [5, 5.41) is 0. The van der Waals surface area contributed by atoms with Crippen LogP contribution >= 0.6 is 0 Å². The molecule has 24 heavy (non-hydrogen) atoms. The Morgan fingerprint density at radius 3 is 2.08 bits per heavy atom. The third-order valence-electron chi connectivity index (χ3n) is 4.97. The van der Waals surface area contributed by atoms with Crippen molar-refractivity contribution >= 4 is 0 Å². The summed E-state index contributed by atoms with van der Waals surface area (Å²) in [4.78, 5) is 0. The average Bonchev–Trinajstić information content (AvgIpc) is 3.01. The van der Waals surface area contributed by atoms with E-state index in [1.807, 2.05) is 0 Å². The molecule has 0 atom stereocenters. The van der Waals surface area contributed by atoms with Gasteiger partial charge in [0.1, 0.15) is 0 Å². The van der Waals surface area contributed by atoms with Crippen LogP contribution in [0.4, 0.5) is 0 Å². The summed E-state index contributed by atoms with van der Waals surface area (Å²) in [5.74, 6) is 0.381. The van der Waals surface area contributed by atoms with E-state index in [-0.39, 0.29) is 0 Å². The van der Waals surface area contributed by atoms with Gasteiger partial charge in [0.25, 0.3) is 0 Å². The molecular weight excluding hydrogens is 288 g/mol. The van der Waals surface area contributed by atoms with Gasteiger partial charge in [0.15, 0.2) is 0 Å². The molecule has 0 nitrogen and oxygen atoms in total. The van der Waals surface area contributed by atoms with Crippen molar-refractivity contribution < 1.29 is 0 Å². The minimum absolute atomic E-state index is 0.381. The van der Waals surface area contributed by atoms with E-state index in [4.69, 9.17) is 0 Å². The lowest BCUT2D eigenvalue weighted by Crippen LogP contribution is -2.06. The van der Waals surface area contributed by atoms with Crippen LogP contribution in [0.3, 0.4) is 0 Å². The van der Waals surface area contributed by atoms with Gasteiger partial charge in [0, 0.05) is 5.92 Å². The lowest BCUT2D eigenvalue weighted by Gasteiger charge is -2.23. The quantitative estimate of drug-likeness (QED) is 0.544. The maximum absolute atomic E-state index is 2.36. The summed E-state index contributed by atoms with van der Waals surface area (Å²) in [6.45, 7) is 6.66. The van der Waals surface area contributed by atoms with E-state index in [2.05, 4.69) is 81.5 Å². The zero-order valence-corrected chi connectivity index (χ0v) is 15.2. The molecule has 2 aromatic carbocycles. The second-order valence-corrected chi connectivity index (χ2v) is 7.02. The largest absolute Gasteiger partial charge is 0.0801 e. The predicted molar refractivity (Wildman–Crippen MR) is 105 cm³/mol. The highest BCUT2D eigenvalue weighted by Crippen LogP contribution is 2.40. The van der Waals surface area contributed by atoms with Gasteiger partial charge in [-0.05, 0) is 49.8 Å². The first-order chi connectivity index (χ1) is 11.7. The Balaban J connectivity index is 2.09. The third-order valence-corrected chi connectivity index (χ3v) is 4.97. The van der Waals surface area contributed by atoms with E-state index in [1.165, 1.54) is 41.5 Å². The highest BCUT2D eigenvalue weighted by Gasteiger charge is 2.23. The highest BCUT2D eigenvalue weighted by atomic mass is 14.3. The second-order valence-electron chi connectivity index (χ2n) is 7.02. The Morgan fingerprint density at radius 1 is 0.917 bits per heavy atom. The van der Waals surface area contributed by atoms with Crippen molar-refractivity contribution in [2.75, 3.05) is 0 Å². The molecule has 1 aliphatic rings. The zero-order valence-electron chi connectivity index (χ0n) is 15.2. The van der Waals surface area contributed by atoms with Gasteiger partial charge in [-0.2, -0.15) is 0 Å². The van der Waals surface area contributed by atoms with Crippen LogP contribution < -0.4 is 0 Å². The van der Waals surface area contributed by atoms with Crippen molar-refractivity contribution in [3.63, 3.8) is 0 Å². The van der Waals surface area contributed by atoms with Crippen LogP contribution in [0.15, 0.2) is 71.8 Å². The van der Waals surface area contributed by atoms with E-state index >= 15 is 0 Å². The van der Waals surface area contributed by atoms with Gasteiger partial charge < -0.3 is 0 Å². The fourth-order valence-corrected chi connectivity index (χ4v) is 3.77. The Kier molecular flexibility index (Phi) is 5.35. The maximum Gasteiger partial charge on any atom is 0.0308 e. The van der Waals surface area contributed by atoms with Gasteiger partial charge in [0.05, 0.1) is 0 Å². The highest BCUT2D eigenvalue weighted by molar-refractivity contribution is 5.49. The Morgan fingerprint density at radius 2 is 1.54 bits per heavy atom. The van der Waals surface area contributed by atoms with Crippen LogP contribution in [0.5, 0.6) is 0 Å². The molecule has 1 aliphatic carbocycles.